The number of carbonyl (C=O) groups is 2. The van der Waals surface area contributed by atoms with Gasteiger partial charge in [-0.25, -0.2) is 0 Å². The summed E-state index contributed by atoms with van der Waals surface area (Å²) in [6.45, 7) is 2.31. The molecule has 0 aromatic heterocycles. The van der Waals surface area contributed by atoms with E-state index in [1.807, 2.05) is 25.1 Å². The summed E-state index contributed by atoms with van der Waals surface area (Å²) >= 11 is 0. The number of imide groups is 1. The van der Waals surface area contributed by atoms with E-state index in [4.69, 9.17) is 0 Å². The van der Waals surface area contributed by atoms with Gasteiger partial charge in [-0.2, -0.15) is 0 Å². The lowest BCUT2D eigenvalue weighted by atomic mass is 9.98. The van der Waals surface area contributed by atoms with Crippen LogP contribution >= 0.6 is 0 Å². The van der Waals surface area contributed by atoms with Crippen LogP contribution in [0.4, 0.5) is 0 Å². The van der Waals surface area contributed by atoms with Crippen molar-refractivity contribution in [2.24, 2.45) is 0 Å². The Bertz CT molecular complexity index is 484. The fourth-order valence-electron chi connectivity index (χ4n) is 2.32. The number of benzene rings is 1. The van der Waals surface area contributed by atoms with Crippen molar-refractivity contribution in [3.63, 3.8) is 0 Å². The molecule has 4 heteroatoms. The molecule has 0 saturated heterocycles. The Morgan fingerprint density at radius 3 is 2.79 bits per heavy atom. The first-order valence-corrected chi connectivity index (χ1v) is 6.74. The molecule has 1 aromatic rings. The van der Waals surface area contributed by atoms with Crippen LogP contribution in [0.2, 0.25) is 0 Å². The minimum atomic E-state index is -0.345. The molecule has 2 amide bonds. The van der Waals surface area contributed by atoms with Crippen LogP contribution < -0.4 is 0 Å². The molecule has 0 radical (unpaired) electrons. The highest BCUT2D eigenvalue weighted by molar-refractivity contribution is 6.09. The molecule has 1 aliphatic rings. The summed E-state index contributed by atoms with van der Waals surface area (Å²) in [6.07, 6.45) is 1.91. The van der Waals surface area contributed by atoms with Gasteiger partial charge in [0.05, 0.1) is 12.5 Å². The van der Waals surface area contributed by atoms with Crippen LogP contribution in [-0.4, -0.2) is 34.5 Å². The van der Waals surface area contributed by atoms with Crippen molar-refractivity contribution in [2.75, 3.05) is 6.54 Å². The normalized spacial score (nSPS) is 16.4. The molecule has 1 aliphatic heterocycles. The number of hydrogen-bond acceptors (Lipinski definition) is 3. The van der Waals surface area contributed by atoms with Crippen LogP contribution in [0.25, 0.3) is 0 Å². The Morgan fingerprint density at radius 1 is 1.32 bits per heavy atom. The third-order valence-electron chi connectivity index (χ3n) is 3.53. The molecular formula is C15H19NO3. The zero-order chi connectivity index (χ0) is 13.8. The van der Waals surface area contributed by atoms with Gasteiger partial charge in [0.2, 0.25) is 5.91 Å². The Morgan fingerprint density at radius 2 is 2.05 bits per heavy atom. The van der Waals surface area contributed by atoms with Gasteiger partial charge < -0.3 is 5.11 Å². The molecule has 1 unspecified atom stereocenters. The van der Waals surface area contributed by atoms with Crippen molar-refractivity contribution < 1.29 is 14.7 Å². The summed E-state index contributed by atoms with van der Waals surface area (Å²) in [5.74, 6) is -0.354. The van der Waals surface area contributed by atoms with Gasteiger partial charge in [-0.05, 0) is 30.9 Å². The summed E-state index contributed by atoms with van der Waals surface area (Å²) in [5.41, 5.74) is 1.43. The fraction of sp³-hybridized carbons (Fsp3) is 0.467. The number of aliphatic hydroxyl groups is 1. The molecule has 1 atom stereocenters. The lowest BCUT2D eigenvalue weighted by Crippen LogP contribution is -2.42. The van der Waals surface area contributed by atoms with Crippen LogP contribution in [0.5, 0.6) is 0 Å². The van der Waals surface area contributed by atoms with Crippen molar-refractivity contribution in [2.45, 2.75) is 38.7 Å². The molecule has 0 spiro atoms. The number of fused-ring (bicyclic) bond motifs is 1. The topological polar surface area (TPSA) is 57.6 Å². The first-order valence-electron chi connectivity index (χ1n) is 6.74. The van der Waals surface area contributed by atoms with Crippen LogP contribution in [0.15, 0.2) is 24.3 Å². The molecule has 1 heterocycles. The van der Waals surface area contributed by atoms with Gasteiger partial charge in [0.15, 0.2) is 0 Å². The Kier molecular flexibility index (Phi) is 4.32. The van der Waals surface area contributed by atoms with Crippen molar-refractivity contribution in [1.82, 2.24) is 4.90 Å². The van der Waals surface area contributed by atoms with Crippen LogP contribution in [0, 0.1) is 0 Å². The molecular weight excluding hydrogens is 242 g/mol. The molecule has 1 N–H and O–H groups in total. The SMILES string of the molecule is CCC(O)CCCN1C(=O)Cc2ccccc2C1=O. The van der Waals surface area contributed by atoms with Gasteiger partial charge in [-0.3, -0.25) is 14.5 Å². The first-order chi connectivity index (χ1) is 9.13. The van der Waals surface area contributed by atoms with E-state index in [1.54, 1.807) is 6.07 Å². The van der Waals surface area contributed by atoms with E-state index in [-0.39, 0.29) is 24.3 Å². The Balaban J connectivity index is 2.03. The molecule has 0 fully saturated rings. The van der Waals surface area contributed by atoms with Crippen LogP contribution in [0.3, 0.4) is 0 Å². The number of hydrogen-bond donors (Lipinski definition) is 1. The molecule has 0 aliphatic carbocycles. The summed E-state index contributed by atoms with van der Waals surface area (Å²) in [5, 5.41) is 9.49. The maximum Gasteiger partial charge on any atom is 0.260 e. The minimum Gasteiger partial charge on any atom is -0.393 e. The van der Waals surface area contributed by atoms with Crippen molar-refractivity contribution in [1.29, 1.82) is 0 Å². The van der Waals surface area contributed by atoms with E-state index in [1.165, 1.54) is 4.90 Å². The standard InChI is InChI=1S/C15H19NO3/c1-2-12(17)7-5-9-16-14(18)10-11-6-3-4-8-13(11)15(16)19/h3-4,6,8,12,17H,2,5,7,9-10H2,1H3. The molecule has 2 rings (SSSR count). The van der Waals surface area contributed by atoms with Gasteiger partial charge >= 0.3 is 0 Å². The van der Waals surface area contributed by atoms with E-state index < -0.39 is 0 Å². The maximum absolute atomic E-state index is 12.2. The lowest BCUT2D eigenvalue weighted by molar-refractivity contribution is -0.128. The average molecular weight is 261 g/mol. The number of carbonyl (C=O) groups excluding carboxylic acids is 2. The summed E-state index contributed by atoms with van der Waals surface area (Å²) in [7, 11) is 0. The van der Waals surface area contributed by atoms with E-state index in [0.717, 1.165) is 5.56 Å². The quantitative estimate of drug-likeness (QED) is 0.822. The predicted molar refractivity (Wildman–Crippen MR) is 71.7 cm³/mol. The molecule has 4 nitrogen and oxygen atoms in total. The Hall–Kier alpha value is -1.68. The molecule has 0 saturated carbocycles. The smallest absolute Gasteiger partial charge is 0.260 e. The minimum absolute atomic E-state index is 0.144. The van der Waals surface area contributed by atoms with Gasteiger partial charge in [0.1, 0.15) is 0 Å². The number of rotatable bonds is 5. The highest BCUT2D eigenvalue weighted by Crippen LogP contribution is 2.20. The highest BCUT2D eigenvalue weighted by atomic mass is 16.3. The van der Waals surface area contributed by atoms with Gasteiger partial charge in [-0.15, -0.1) is 0 Å². The second-order valence-corrected chi connectivity index (χ2v) is 4.89. The first kappa shape index (κ1) is 13.7. The second kappa shape index (κ2) is 5.97. The van der Waals surface area contributed by atoms with Gasteiger partial charge in [-0.1, -0.05) is 25.1 Å². The van der Waals surface area contributed by atoms with Crippen LogP contribution in [0.1, 0.15) is 42.1 Å². The molecule has 102 valence electrons. The lowest BCUT2D eigenvalue weighted by Gasteiger charge is -2.27. The number of aliphatic hydroxyl groups excluding tert-OH is 1. The third kappa shape index (κ3) is 3.01. The average Bonchev–Trinajstić information content (AvgIpc) is 2.42. The zero-order valence-electron chi connectivity index (χ0n) is 11.1. The van der Waals surface area contributed by atoms with E-state index in [2.05, 4.69) is 0 Å². The van der Waals surface area contributed by atoms with E-state index in [0.29, 0.717) is 31.4 Å². The van der Waals surface area contributed by atoms with Gasteiger partial charge in [0.25, 0.3) is 5.91 Å². The molecule has 0 bridgehead atoms. The summed E-state index contributed by atoms with van der Waals surface area (Å²) < 4.78 is 0. The number of amides is 2. The third-order valence-corrected chi connectivity index (χ3v) is 3.53. The largest absolute Gasteiger partial charge is 0.393 e. The van der Waals surface area contributed by atoms with Crippen molar-refractivity contribution in [3.8, 4) is 0 Å². The monoisotopic (exact) mass is 261 g/mol. The predicted octanol–water partition coefficient (Wildman–Crippen LogP) is 1.76. The van der Waals surface area contributed by atoms with Crippen molar-refractivity contribution in [3.05, 3.63) is 35.4 Å². The zero-order valence-corrected chi connectivity index (χ0v) is 11.1. The van der Waals surface area contributed by atoms with E-state index in [9.17, 15) is 14.7 Å². The Labute approximate surface area is 113 Å². The number of nitrogens with zero attached hydrogens (tertiary/aromatic N) is 1. The molecule has 19 heavy (non-hydrogen) atoms. The summed E-state index contributed by atoms with van der Waals surface area (Å²) in [6, 6.07) is 7.24. The van der Waals surface area contributed by atoms with Crippen LogP contribution in [-0.2, 0) is 11.2 Å². The maximum atomic E-state index is 12.2. The summed E-state index contributed by atoms with van der Waals surface area (Å²) in [4.78, 5) is 25.5. The fourth-order valence-corrected chi connectivity index (χ4v) is 2.32. The highest BCUT2D eigenvalue weighted by Gasteiger charge is 2.29. The van der Waals surface area contributed by atoms with Gasteiger partial charge in [0, 0.05) is 12.1 Å². The molecule has 1 aromatic carbocycles. The van der Waals surface area contributed by atoms with E-state index >= 15 is 0 Å². The second-order valence-electron chi connectivity index (χ2n) is 4.89. The van der Waals surface area contributed by atoms with Crippen molar-refractivity contribution >= 4 is 11.8 Å².